The molecular formula is C24H29Cl2N3O5S2. The van der Waals surface area contributed by atoms with Crippen molar-refractivity contribution in [2.24, 2.45) is 11.8 Å². The molecule has 1 aromatic heterocycles. The molecule has 0 atom stereocenters. The van der Waals surface area contributed by atoms with Crippen LogP contribution in [0.2, 0.25) is 10.0 Å². The second-order valence-electron chi connectivity index (χ2n) is 10.6. The quantitative estimate of drug-likeness (QED) is 0.402. The molecule has 4 rings (SSSR count). The summed E-state index contributed by atoms with van der Waals surface area (Å²) >= 11 is 14.3. The molecule has 0 bridgehead atoms. The van der Waals surface area contributed by atoms with Crippen LogP contribution < -0.4 is 10.0 Å². The number of halogens is 2. The van der Waals surface area contributed by atoms with Crippen LogP contribution in [-0.2, 0) is 21.2 Å². The molecule has 0 saturated heterocycles. The third-order valence-electron chi connectivity index (χ3n) is 6.44. The van der Waals surface area contributed by atoms with Gasteiger partial charge in [0.25, 0.3) is 5.91 Å². The predicted molar refractivity (Wildman–Crippen MR) is 140 cm³/mol. The number of carboxylic acid groups (broad SMARTS) is 1. The minimum absolute atomic E-state index is 0.0854. The highest BCUT2D eigenvalue weighted by Crippen LogP contribution is 2.43. The molecule has 2 aromatic rings. The van der Waals surface area contributed by atoms with Gasteiger partial charge in [-0.05, 0) is 52.0 Å². The van der Waals surface area contributed by atoms with Crippen molar-refractivity contribution in [3.63, 3.8) is 0 Å². The largest absolute Gasteiger partial charge is 0.481 e. The Hall–Kier alpha value is -1.72. The molecule has 8 nitrogen and oxygen atoms in total. The normalized spacial score (nSPS) is 20.5. The lowest BCUT2D eigenvalue weighted by Crippen LogP contribution is -2.46. The lowest BCUT2D eigenvalue weighted by atomic mass is 9.80. The number of sulfonamides is 1. The smallest absolute Gasteiger partial charge is 0.306 e. The summed E-state index contributed by atoms with van der Waals surface area (Å²) in [7, 11) is -3.91. The maximum Gasteiger partial charge on any atom is 0.306 e. The first-order chi connectivity index (χ1) is 16.7. The van der Waals surface area contributed by atoms with Gasteiger partial charge in [-0.1, -0.05) is 48.5 Å². The van der Waals surface area contributed by atoms with Gasteiger partial charge < -0.3 is 10.4 Å². The van der Waals surface area contributed by atoms with Gasteiger partial charge >= 0.3 is 5.97 Å². The van der Waals surface area contributed by atoms with Crippen LogP contribution in [0.3, 0.4) is 0 Å². The molecule has 12 heteroatoms. The van der Waals surface area contributed by atoms with E-state index in [1.165, 1.54) is 17.4 Å². The number of benzene rings is 1. The molecule has 196 valence electrons. The van der Waals surface area contributed by atoms with E-state index in [4.69, 9.17) is 28.3 Å². The lowest BCUT2D eigenvalue weighted by Gasteiger charge is -2.32. The average molecular weight is 575 g/mol. The monoisotopic (exact) mass is 573 g/mol. The highest BCUT2D eigenvalue weighted by molar-refractivity contribution is 7.89. The summed E-state index contributed by atoms with van der Waals surface area (Å²) in [4.78, 5) is 29.1. The van der Waals surface area contributed by atoms with E-state index in [1.54, 1.807) is 26.8 Å². The van der Waals surface area contributed by atoms with E-state index in [-0.39, 0.29) is 31.9 Å². The highest BCUT2D eigenvalue weighted by Gasteiger charge is 2.36. The van der Waals surface area contributed by atoms with Gasteiger partial charge in [0.05, 0.1) is 26.5 Å². The number of thiazole rings is 1. The Morgan fingerprint density at radius 1 is 1.17 bits per heavy atom. The second kappa shape index (κ2) is 10.2. The fourth-order valence-corrected chi connectivity index (χ4v) is 7.70. The van der Waals surface area contributed by atoms with Crippen LogP contribution >= 0.6 is 34.5 Å². The lowest BCUT2D eigenvalue weighted by molar-refractivity contribution is -0.145. The van der Waals surface area contributed by atoms with Crippen molar-refractivity contribution in [3.05, 3.63) is 32.9 Å². The summed E-state index contributed by atoms with van der Waals surface area (Å²) in [5, 5.41) is 12.2. The van der Waals surface area contributed by atoms with Crippen molar-refractivity contribution in [2.75, 3.05) is 0 Å². The van der Waals surface area contributed by atoms with Gasteiger partial charge in [-0.2, -0.15) is 0 Å². The number of aromatic nitrogens is 1. The van der Waals surface area contributed by atoms with Gasteiger partial charge in [0.1, 0.15) is 4.90 Å². The molecule has 1 heterocycles. The van der Waals surface area contributed by atoms with Crippen LogP contribution in [0.5, 0.6) is 0 Å². The third kappa shape index (κ3) is 5.88. The minimum atomic E-state index is -3.91. The first kappa shape index (κ1) is 27.3. The summed E-state index contributed by atoms with van der Waals surface area (Å²) in [5.41, 5.74) is 0.554. The van der Waals surface area contributed by atoms with E-state index < -0.39 is 27.4 Å². The topological polar surface area (TPSA) is 125 Å². The molecule has 0 spiro atoms. The Morgan fingerprint density at radius 3 is 2.39 bits per heavy atom. The Morgan fingerprint density at radius 2 is 1.83 bits per heavy atom. The number of nitrogens with one attached hydrogen (secondary N) is 2. The second-order valence-corrected chi connectivity index (χ2v) is 14.0. The molecule has 2 aliphatic carbocycles. The number of aliphatic carboxylic acids is 1. The van der Waals surface area contributed by atoms with E-state index >= 15 is 0 Å². The van der Waals surface area contributed by atoms with Crippen LogP contribution in [-0.4, -0.2) is 42.0 Å². The molecule has 0 radical (unpaired) electrons. The Kier molecular flexibility index (Phi) is 7.75. The summed E-state index contributed by atoms with van der Waals surface area (Å²) in [5.74, 6) is -1.17. The standard InChI is InChI=1S/C24H29Cl2N3O5S2/c1-24(2,3)29-36(33,34)17-8-7-15(18(25)19(17)26)20-16(9-12-5-4-6-12)28-22(35-20)21(30)27-14-10-13(11-14)23(31)32/h7-8,12-14,29H,4-6,9-11H2,1-3H3,(H,27,30)(H,31,32). The van der Waals surface area contributed by atoms with Crippen molar-refractivity contribution < 1.29 is 23.1 Å². The maximum absolute atomic E-state index is 12.9. The molecular weight excluding hydrogens is 545 g/mol. The fourth-order valence-electron chi connectivity index (χ4n) is 4.33. The van der Waals surface area contributed by atoms with E-state index in [1.807, 2.05) is 0 Å². The molecule has 0 unspecified atom stereocenters. The number of hydrogen-bond acceptors (Lipinski definition) is 6. The number of nitrogens with zero attached hydrogens (tertiary/aromatic N) is 1. The van der Waals surface area contributed by atoms with Crippen LogP contribution in [0.15, 0.2) is 17.0 Å². The SMILES string of the molecule is CC(C)(C)NS(=O)(=O)c1ccc(-c2sc(C(=O)NC3CC(C(=O)O)C3)nc2CC2CCC2)c(Cl)c1Cl. The summed E-state index contributed by atoms with van der Waals surface area (Å²) < 4.78 is 28.3. The van der Waals surface area contributed by atoms with Crippen molar-refractivity contribution in [1.29, 1.82) is 0 Å². The van der Waals surface area contributed by atoms with E-state index in [0.717, 1.165) is 25.0 Å². The maximum atomic E-state index is 12.9. The first-order valence-electron chi connectivity index (χ1n) is 11.8. The molecule has 1 amide bonds. The zero-order valence-corrected chi connectivity index (χ0v) is 23.4. The third-order valence-corrected chi connectivity index (χ3v) is 10.4. The van der Waals surface area contributed by atoms with Crippen molar-refractivity contribution in [3.8, 4) is 10.4 Å². The number of carboxylic acids is 1. The number of hydrogen-bond donors (Lipinski definition) is 3. The Labute approximate surface area is 224 Å². The van der Waals surface area contributed by atoms with Gasteiger partial charge in [0, 0.05) is 17.1 Å². The van der Waals surface area contributed by atoms with Gasteiger partial charge in [-0.25, -0.2) is 18.1 Å². The van der Waals surface area contributed by atoms with Gasteiger partial charge in [-0.15, -0.1) is 11.3 Å². The van der Waals surface area contributed by atoms with Crippen molar-refractivity contribution in [1.82, 2.24) is 15.0 Å². The van der Waals surface area contributed by atoms with Crippen molar-refractivity contribution >= 4 is 56.4 Å². The fraction of sp³-hybridized carbons (Fsp3) is 0.542. The Bertz CT molecular complexity index is 1290. The zero-order valence-electron chi connectivity index (χ0n) is 20.2. The first-order valence-corrected chi connectivity index (χ1v) is 14.9. The average Bonchev–Trinajstić information content (AvgIpc) is 3.10. The Balaban J connectivity index is 1.64. The summed E-state index contributed by atoms with van der Waals surface area (Å²) in [6.07, 6.45) is 4.80. The summed E-state index contributed by atoms with van der Waals surface area (Å²) in [6.45, 7) is 5.20. The van der Waals surface area contributed by atoms with Gasteiger partial charge in [0.15, 0.2) is 5.01 Å². The number of amides is 1. The van der Waals surface area contributed by atoms with E-state index in [0.29, 0.717) is 35.6 Å². The minimum Gasteiger partial charge on any atom is -0.481 e. The van der Waals surface area contributed by atoms with Crippen LogP contribution in [0.4, 0.5) is 0 Å². The summed E-state index contributed by atoms with van der Waals surface area (Å²) in [6, 6.07) is 2.83. The molecule has 1 aromatic carbocycles. The molecule has 2 saturated carbocycles. The molecule has 2 aliphatic rings. The van der Waals surface area contributed by atoms with E-state index in [9.17, 15) is 18.0 Å². The molecule has 0 aliphatic heterocycles. The number of rotatable bonds is 8. The highest BCUT2D eigenvalue weighted by atomic mass is 35.5. The number of carbonyl (C=O) groups is 2. The van der Waals surface area contributed by atoms with Gasteiger partial charge in [-0.3, -0.25) is 9.59 Å². The molecule has 36 heavy (non-hydrogen) atoms. The van der Waals surface area contributed by atoms with E-state index in [2.05, 4.69) is 15.0 Å². The zero-order chi connectivity index (χ0) is 26.4. The number of carbonyl (C=O) groups excluding carboxylic acids is 1. The van der Waals surface area contributed by atoms with Crippen LogP contribution in [0.25, 0.3) is 10.4 Å². The molecule has 3 N–H and O–H groups in total. The van der Waals surface area contributed by atoms with Crippen LogP contribution in [0, 0.1) is 11.8 Å². The predicted octanol–water partition coefficient (Wildman–Crippen LogP) is 5.13. The molecule has 2 fully saturated rings. The van der Waals surface area contributed by atoms with Crippen molar-refractivity contribution in [2.45, 2.75) is 75.8 Å². The van der Waals surface area contributed by atoms with Crippen LogP contribution in [0.1, 0.15) is 68.4 Å². The van der Waals surface area contributed by atoms with Gasteiger partial charge in [0.2, 0.25) is 10.0 Å².